The zero-order chi connectivity index (χ0) is 20.8. The molecule has 1 aromatic carbocycles. The molecule has 3 rings (SSSR count). The van der Waals surface area contributed by atoms with Crippen molar-refractivity contribution in [3.63, 3.8) is 0 Å². The van der Waals surface area contributed by atoms with Gasteiger partial charge in [-0.3, -0.25) is 9.59 Å². The number of piperidine rings is 1. The minimum absolute atomic E-state index is 0.0942. The number of aromatic nitrogens is 2. The molecule has 1 aliphatic heterocycles. The van der Waals surface area contributed by atoms with Gasteiger partial charge in [-0.1, -0.05) is 0 Å². The minimum Gasteiger partial charge on any atom is -0.480 e. The van der Waals surface area contributed by atoms with Crippen molar-refractivity contribution >= 4 is 23.5 Å². The van der Waals surface area contributed by atoms with Gasteiger partial charge in [-0.2, -0.15) is 0 Å². The van der Waals surface area contributed by atoms with Gasteiger partial charge < -0.3 is 26.4 Å². The molecule has 0 aliphatic carbocycles. The van der Waals surface area contributed by atoms with Gasteiger partial charge in [-0.15, -0.1) is 0 Å². The van der Waals surface area contributed by atoms with Crippen LogP contribution in [-0.4, -0.2) is 52.2 Å². The predicted octanol–water partition coefficient (Wildman–Crippen LogP) is 1.19. The smallest absolute Gasteiger partial charge is 0.322 e. The normalized spacial score (nSPS) is 17.4. The van der Waals surface area contributed by atoms with Gasteiger partial charge in [0.2, 0.25) is 5.95 Å². The summed E-state index contributed by atoms with van der Waals surface area (Å²) >= 11 is 0. The van der Waals surface area contributed by atoms with Crippen molar-refractivity contribution in [2.24, 2.45) is 5.73 Å². The molecular weight excluding hydrogens is 379 g/mol. The summed E-state index contributed by atoms with van der Waals surface area (Å²) in [7, 11) is 0. The summed E-state index contributed by atoms with van der Waals surface area (Å²) in [5.41, 5.74) is 5.83. The lowest BCUT2D eigenvalue weighted by atomic mass is 10.1. The van der Waals surface area contributed by atoms with Crippen LogP contribution >= 0.6 is 0 Å². The molecule has 0 bridgehead atoms. The van der Waals surface area contributed by atoms with Crippen LogP contribution in [0, 0.1) is 5.82 Å². The zero-order valence-corrected chi connectivity index (χ0v) is 15.7. The average Bonchev–Trinajstić information content (AvgIpc) is 2.73. The van der Waals surface area contributed by atoms with E-state index in [0.717, 1.165) is 25.3 Å². The molecule has 2 aromatic rings. The molecule has 0 saturated carbocycles. The molecule has 29 heavy (non-hydrogen) atoms. The van der Waals surface area contributed by atoms with Gasteiger partial charge in [-0.05, 0) is 43.5 Å². The van der Waals surface area contributed by atoms with E-state index >= 15 is 0 Å². The van der Waals surface area contributed by atoms with E-state index < -0.39 is 23.7 Å². The quantitative estimate of drug-likeness (QED) is 0.543. The molecule has 1 unspecified atom stereocenters. The van der Waals surface area contributed by atoms with Crippen LogP contribution < -0.4 is 21.3 Å². The molecule has 2 atom stereocenters. The van der Waals surface area contributed by atoms with E-state index in [-0.39, 0.29) is 18.3 Å². The van der Waals surface area contributed by atoms with E-state index in [0.29, 0.717) is 18.2 Å². The number of aliphatic carboxylic acids is 1. The summed E-state index contributed by atoms with van der Waals surface area (Å²) in [4.78, 5) is 33.1. The number of rotatable bonds is 7. The summed E-state index contributed by atoms with van der Waals surface area (Å²) < 4.78 is 14.8. The van der Waals surface area contributed by atoms with Crippen molar-refractivity contribution in [3.05, 3.63) is 48.0 Å². The molecule has 5 N–H and O–H groups in total. The first kappa shape index (κ1) is 20.5. The van der Waals surface area contributed by atoms with Crippen LogP contribution in [0.25, 0.3) is 0 Å². The second-order valence-corrected chi connectivity index (χ2v) is 6.74. The van der Waals surface area contributed by atoms with Gasteiger partial charge in [0.25, 0.3) is 5.91 Å². The average molecular weight is 402 g/mol. The van der Waals surface area contributed by atoms with Crippen LogP contribution in [0.4, 0.5) is 16.0 Å². The Morgan fingerprint density at radius 3 is 2.76 bits per heavy atom. The minimum atomic E-state index is -1.22. The molecule has 1 amide bonds. The third-order valence-electron chi connectivity index (χ3n) is 4.68. The number of nitrogens with two attached hydrogens (primary N) is 1. The highest BCUT2D eigenvalue weighted by Crippen LogP contribution is 2.28. The topological polar surface area (TPSA) is 133 Å². The van der Waals surface area contributed by atoms with E-state index in [1.165, 1.54) is 6.07 Å². The second-order valence-electron chi connectivity index (χ2n) is 6.74. The fourth-order valence-electron chi connectivity index (χ4n) is 3.17. The van der Waals surface area contributed by atoms with Crippen LogP contribution in [0.5, 0.6) is 0 Å². The first-order chi connectivity index (χ1) is 14.0. The molecule has 1 fully saturated rings. The molecule has 2 heterocycles. The lowest BCUT2D eigenvalue weighted by molar-refractivity contribution is -0.138. The summed E-state index contributed by atoms with van der Waals surface area (Å²) in [5.74, 6) is -1.88. The first-order valence-electron chi connectivity index (χ1n) is 9.32. The van der Waals surface area contributed by atoms with E-state index in [1.807, 2.05) is 4.90 Å². The molecule has 1 aromatic heterocycles. The van der Waals surface area contributed by atoms with Gasteiger partial charge in [0, 0.05) is 31.0 Å². The first-order valence-corrected chi connectivity index (χ1v) is 9.32. The molecule has 0 spiro atoms. The third kappa shape index (κ3) is 5.17. The van der Waals surface area contributed by atoms with Crippen LogP contribution in [0.3, 0.4) is 0 Å². The number of benzene rings is 1. The summed E-state index contributed by atoms with van der Waals surface area (Å²) in [6, 6.07) is 4.69. The zero-order valence-electron chi connectivity index (χ0n) is 15.7. The third-order valence-corrected chi connectivity index (χ3v) is 4.68. The number of amides is 1. The Kier molecular flexibility index (Phi) is 6.55. The van der Waals surface area contributed by atoms with E-state index in [1.54, 1.807) is 24.5 Å². The van der Waals surface area contributed by atoms with Gasteiger partial charge in [0.15, 0.2) is 0 Å². The Bertz CT molecular complexity index is 866. The number of carbonyl (C=O) groups excluding carboxylic acids is 1. The molecule has 154 valence electrons. The van der Waals surface area contributed by atoms with Gasteiger partial charge in [0.05, 0.1) is 5.69 Å². The summed E-state index contributed by atoms with van der Waals surface area (Å²) in [6.07, 6.45) is 5.80. The number of anilines is 2. The Hall–Kier alpha value is -3.27. The molecule has 10 heteroatoms. The van der Waals surface area contributed by atoms with Crippen molar-refractivity contribution in [1.82, 2.24) is 15.3 Å². The molecule has 0 radical (unpaired) electrons. The maximum atomic E-state index is 14.8. The highest BCUT2D eigenvalue weighted by atomic mass is 19.1. The van der Waals surface area contributed by atoms with Gasteiger partial charge in [0.1, 0.15) is 18.0 Å². The van der Waals surface area contributed by atoms with Crippen molar-refractivity contribution in [1.29, 1.82) is 0 Å². The number of hydrogen-bond acceptors (Lipinski definition) is 7. The SMILES string of the molecule is N[C@@H](CNC(=O)c1ccc(N2CCCCC2Nc2ncccn2)c(F)c1)C(=O)O. The highest BCUT2D eigenvalue weighted by Gasteiger charge is 2.26. The molecular formula is C19H23FN6O3. The number of nitrogens with one attached hydrogen (secondary N) is 2. The predicted molar refractivity (Wildman–Crippen MR) is 105 cm³/mol. The van der Waals surface area contributed by atoms with Crippen LogP contribution in [-0.2, 0) is 4.79 Å². The Morgan fingerprint density at radius 2 is 2.07 bits per heavy atom. The lowest BCUT2D eigenvalue weighted by Gasteiger charge is -2.38. The van der Waals surface area contributed by atoms with Gasteiger partial charge >= 0.3 is 5.97 Å². The highest BCUT2D eigenvalue weighted by molar-refractivity contribution is 5.95. The fourth-order valence-corrected chi connectivity index (χ4v) is 3.17. The van der Waals surface area contributed by atoms with E-state index in [4.69, 9.17) is 10.8 Å². The summed E-state index contributed by atoms with van der Waals surface area (Å²) in [5, 5.41) is 14.4. The number of carboxylic acids is 1. The molecule has 9 nitrogen and oxygen atoms in total. The monoisotopic (exact) mass is 402 g/mol. The number of halogens is 1. The van der Waals surface area contributed by atoms with Crippen molar-refractivity contribution in [2.45, 2.75) is 31.5 Å². The number of carbonyl (C=O) groups is 2. The second kappa shape index (κ2) is 9.28. The number of hydrogen-bond donors (Lipinski definition) is 4. The van der Waals surface area contributed by atoms with Crippen LogP contribution in [0.1, 0.15) is 29.6 Å². The number of nitrogens with zero attached hydrogens (tertiary/aromatic N) is 3. The van der Waals surface area contributed by atoms with Crippen molar-refractivity contribution in [3.8, 4) is 0 Å². The van der Waals surface area contributed by atoms with Gasteiger partial charge in [-0.25, -0.2) is 14.4 Å². The van der Waals surface area contributed by atoms with E-state index in [9.17, 15) is 14.0 Å². The van der Waals surface area contributed by atoms with Crippen molar-refractivity contribution < 1.29 is 19.1 Å². The Balaban J connectivity index is 1.72. The fraction of sp³-hybridized carbons (Fsp3) is 0.368. The van der Waals surface area contributed by atoms with E-state index in [2.05, 4.69) is 20.6 Å². The largest absolute Gasteiger partial charge is 0.480 e. The maximum Gasteiger partial charge on any atom is 0.322 e. The Labute approximate surface area is 167 Å². The maximum absolute atomic E-state index is 14.8. The Morgan fingerprint density at radius 1 is 1.31 bits per heavy atom. The summed E-state index contributed by atoms with van der Waals surface area (Å²) in [6.45, 7) is 0.410. The standard InChI is InChI=1S/C19H23FN6O3/c20-13-10-12(17(27)24-11-14(21)18(28)29)5-6-15(13)26-9-2-1-4-16(26)25-19-22-7-3-8-23-19/h3,5-8,10,14,16H,1-2,4,9,11,21H2,(H,24,27)(H,28,29)(H,22,23,25)/t14-,16?/m0/s1. The lowest BCUT2D eigenvalue weighted by Crippen LogP contribution is -2.45. The molecule has 1 saturated heterocycles. The number of carboxylic acid groups (broad SMARTS) is 1. The van der Waals surface area contributed by atoms with Crippen LogP contribution in [0.2, 0.25) is 0 Å². The van der Waals surface area contributed by atoms with Crippen LogP contribution in [0.15, 0.2) is 36.7 Å². The molecule has 1 aliphatic rings. The van der Waals surface area contributed by atoms with Crippen molar-refractivity contribution in [2.75, 3.05) is 23.3 Å².